The number of rotatable bonds is 3. The van der Waals surface area contributed by atoms with Gasteiger partial charge in [0.15, 0.2) is 0 Å². The van der Waals surface area contributed by atoms with Crippen molar-refractivity contribution < 1.29 is 14.6 Å². The summed E-state index contributed by atoms with van der Waals surface area (Å²) in [5, 5.41) is 9.68. The van der Waals surface area contributed by atoms with Crippen molar-refractivity contribution in [3.63, 3.8) is 0 Å². The van der Waals surface area contributed by atoms with E-state index in [0.717, 1.165) is 45.7 Å². The van der Waals surface area contributed by atoms with Crippen LogP contribution in [0.5, 0.6) is 0 Å². The second-order valence-corrected chi connectivity index (χ2v) is 5.97. The highest BCUT2D eigenvalue weighted by Crippen LogP contribution is 2.32. The van der Waals surface area contributed by atoms with E-state index >= 15 is 0 Å². The number of likely N-dealkylation sites (tertiary alicyclic amines) is 1. The number of ether oxygens (including phenoxy) is 2. The highest BCUT2D eigenvalue weighted by Gasteiger charge is 2.39. The molecule has 17 heavy (non-hydrogen) atoms. The Labute approximate surface area is 103 Å². The number of hydrogen-bond acceptors (Lipinski definition) is 4. The summed E-state index contributed by atoms with van der Waals surface area (Å²) in [6.07, 6.45) is 5.48. The van der Waals surface area contributed by atoms with Crippen molar-refractivity contribution in [3.8, 4) is 0 Å². The third kappa shape index (κ3) is 2.50. The molecule has 1 N–H and O–H groups in total. The molecule has 3 aliphatic rings. The van der Waals surface area contributed by atoms with E-state index in [4.69, 9.17) is 9.47 Å². The normalized spacial score (nSPS) is 42.9. The van der Waals surface area contributed by atoms with Crippen molar-refractivity contribution in [3.05, 3.63) is 0 Å². The highest BCUT2D eigenvalue weighted by atomic mass is 16.5. The lowest BCUT2D eigenvalue weighted by Crippen LogP contribution is -2.51. The van der Waals surface area contributed by atoms with Gasteiger partial charge in [0.05, 0.1) is 25.4 Å². The van der Waals surface area contributed by atoms with Gasteiger partial charge in [0.2, 0.25) is 0 Å². The lowest BCUT2D eigenvalue weighted by molar-refractivity contribution is -0.0889. The van der Waals surface area contributed by atoms with Gasteiger partial charge in [0.1, 0.15) is 0 Å². The topological polar surface area (TPSA) is 41.9 Å². The van der Waals surface area contributed by atoms with Crippen molar-refractivity contribution in [2.45, 2.75) is 37.9 Å². The molecule has 2 bridgehead atoms. The van der Waals surface area contributed by atoms with Gasteiger partial charge in [-0.2, -0.15) is 0 Å². The van der Waals surface area contributed by atoms with Crippen molar-refractivity contribution in [1.82, 2.24) is 4.90 Å². The molecule has 98 valence electrons. The predicted octanol–water partition coefficient (Wildman–Crippen LogP) is 0.639. The largest absolute Gasteiger partial charge is 0.396 e. The number of hydrogen-bond donors (Lipinski definition) is 1. The summed E-state index contributed by atoms with van der Waals surface area (Å²) in [5.74, 6) is 0. The lowest BCUT2D eigenvalue weighted by atomic mass is 9.82. The van der Waals surface area contributed by atoms with Gasteiger partial charge in [-0.1, -0.05) is 0 Å². The Hall–Kier alpha value is -0.160. The first-order valence-corrected chi connectivity index (χ1v) is 6.86. The molecule has 3 fully saturated rings. The molecule has 0 aliphatic carbocycles. The Bertz CT molecular complexity index is 253. The Morgan fingerprint density at radius 3 is 2.59 bits per heavy atom. The fourth-order valence-corrected chi connectivity index (χ4v) is 3.51. The average molecular weight is 241 g/mol. The molecule has 0 saturated carbocycles. The van der Waals surface area contributed by atoms with Crippen LogP contribution in [0.15, 0.2) is 0 Å². The van der Waals surface area contributed by atoms with Crippen LogP contribution < -0.4 is 0 Å². The van der Waals surface area contributed by atoms with Crippen LogP contribution in [-0.4, -0.2) is 61.7 Å². The summed E-state index contributed by atoms with van der Waals surface area (Å²) in [6, 6.07) is 0. The first-order valence-electron chi connectivity index (χ1n) is 6.86. The van der Waals surface area contributed by atoms with Crippen LogP contribution in [0.4, 0.5) is 0 Å². The van der Waals surface area contributed by atoms with E-state index in [1.165, 1.54) is 12.8 Å². The molecular formula is C13H23NO3. The van der Waals surface area contributed by atoms with Crippen molar-refractivity contribution >= 4 is 0 Å². The van der Waals surface area contributed by atoms with Crippen LogP contribution >= 0.6 is 0 Å². The Morgan fingerprint density at radius 2 is 2.00 bits per heavy atom. The molecule has 0 spiro atoms. The molecule has 0 aromatic heterocycles. The first-order chi connectivity index (χ1) is 8.30. The summed E-state index contributed by atoms with van der Waals surface area (Å²) < 4.78 is 11.4. The molecule has 3 rings (SSSR count). The third-order valence-electron chi connectivity index (χ3n) is 4.42. The molecule has 3 atom stereocenters. The predicted molar refractivity (Wildman–Crippen MR) is 63.9 cm³/mol. The fraction of sp³-hybridized carbons (Fsp3) is 1.00. The van der Waals surface area contributed by atoms with Crippen LogP contribution in [0.1, 0.15) is 25.7 Å². The number of aliphatic hydroxyl groups excluding tert-OH is 1. The lowest BCUT2D eigenvalue weighted by Gasteiger charge is -2.42. The minimum Gasteiger partial charge on any atom is -0.396 e. The average Bonchev–Trinajstić information content (AvgIpc) is 2.70. The van der Waals surface area contributed by atoms with E-state index in [-0.39, 0.29) is 12.0 Å². The zero-order valence-electron chi connectivity index (χ0n) is 10.4. The SMILES string of the molecule is OCC1(CN2CC3CCC(C2)O3)CCCOC1. The molecular weight excluding hydrogens is 218 g/mol. The smallest absolute Gasteiger partial charge is 0.0707 e. The maximum absolute atomic E-state index is 9.68. The Kier molecular flexibility index (Phi) is 3.39. The zero-order valence-corrected chi connectivity index (χ0v) is 10.4. The summed E-state index contributed by atoms with van der Waals surface area (Å²) in [7, 11) is 0. The number of aliphatic hydroxyl groups is 1. The summed E-state index contributed by atoms with van der Waals surface area (Å²) >= 11 is 0. The summed E-state index contributed by atoms with van der Waals surface area (Å²) in [4.78, 5) is 2.48. The fourth-order valence-electron chi connectivity index (χ4n) is 3.51. The second kappa shape index (κ2) is 4.84. The molecule has 0 amide bonds. The van der Waals surface area contributed by atoms with Gasteiger partial charge in [-0.05, 0) is 25.7 Å². The number of morpholine rings is 1. The van der Waals surface area contributed by atoms with Crippen LogP contribution in [0.3, 0.4) is 0 Å². The molecule has 0 radical (unpaired) electrons. The maximum Gasteiger partial charge on any atom is 0.0707 e. The van der Waals surface area contributed by atoms with E-state index < -0.39 is 0 Å². The van der Waals surface area contributed by atoms with Crippen LogP contribution in [-0.2, 0) is 9.47 Å². The summed E-state index contributed by atoms with van der Waals surface area (Å²) in [6.45, 7) is 4.88. The molecule has 4 heteroatoms. The minimum absolute atomic E-state index is 0.0188. The third-order valence-corrected chi connectivity index (χ3v) is 4.42. The molecule has 3 unspecified atom stereocenters. The van der Waals surface area contributed by atoms with Crippen molar-refractivity contribution in [1.29, 1.82) is 0 Å². The van der Waals surface area contributed by atoms with Crippen LogP contribution in [0, 0.1) is 5.41 Å². The molecule has 3 saturated heterocycles. The van der Waals surface area contributed by atoms with E-state index in [1.807, 2.05) is 0 Å². The van der Waals surface area contributed by atoms with E-state index in [2.05, 4.69) is 4.90 Å². The Morgan fingerprint density at radius 1 is 1.24 bits per heavy atom. The van der Waals surface area contributed by atoms with Crippen LogP contribution in [0.25, 0.3) is 0 Å². The molecule has 4 nitrogen and oxygen atoms in total. The van der Waals surface area contributed by atoms with Gasteiger partial charge in [0, 0.05) is 31.7 Å². The standard InChI is InChI=1S/C13H23NO3/c15-9-13(4-1-5-16-10-13)8-14-6-11-2-3-12(7-14)17-11/h11-12,15H,1-10H2. The Balaban J connectivity index is 1.61. The van der Waals surface area contributed by atoms with Gasteiger partial charge in [0.25, 0.3) is 0 Å². The van der Waals surface area contributed by atoms with Crippen LogP contribution in [0.2, 0.25) is 0 Å². The van der Waals surface area contributed by atoms with E-state index in [1.54, 1.807) is 0 Å². The zero-order chi connectivity index (χ0) is 11.7. The molecule has 3 heterocycles. The van der Waals surface area contributed by atoms with Gasteiger partial charge in [-0.25, -0.2) is 0 Å². The van der Waals surface area contributed by atoms with Crippen molar-refractivity contribution in [2.24, 2.45) is 5.41 Å². The van der Waals surface area contributed by atoms with Gasteiger partial charge in [-0.15, -0.1) is 0 Å². The van der Waals surface area contributed by atoms with E-state index in [9.17, 15) is 5.11 Å². The van der Waals surface area contributed by atoms with Gasteiger partial charge in [-0.3, -0.25) is 4.90 Å². The monoisotopic (exact) mass is 241 g/mol. The number of nitrogens with zero attached hydrogens (tertiary/aromatic N) is 1. The maximum atomic E-state index is 9.68. The van der Waals surface area contributed by atoms with Gasteiger partial charge >= 0.3 is 0 Å². The molecule has 0 aromatic rings. The summed E-state index contributed by atoms with van der Waals surface area (Å²) in [5.41, 5.74) is -0.0188. The molecule has 3 aliphatic heterocycles. The highest BCUT2D eigenvalue weighted by molar-refractivity contribution is 4.90. The van der Waals surface area contributed by atoms with Gasteiger partial charge < -0.3 is 14.6 Å². The van der Waals surface area contributed by atoms with E-state index in [0.29, 0.717) is 12.2 Å². The van der Waals surface area contributed by atoms with Crippen molar-refractivity contribution in [2.75, 3.05) is 39.5 Å². The second-order valence-electron chi connectivity index (χ2n) is 5.97. The molecule has 0 aromatic carbocycles. The minimum atomic E-state index is -0.0188. The first kappa shape index (κ1) is 11.9. The quantitative estimate of drug-likeness (QED) is 0.787. The number of fused-ring (bicyclic) bond motifs is 2.